The van der Waals surface area contributed by atoms with Crippen LogP contribution >= 0.6 is 0 Å². The molecular formula is C23H20N2O4. The zero-order valence-corrected chi connectivity index (χ0v) is 16.1. The number of ether oxygens (including phenoxy) is 1. The molecule has 0 radical (unpaired) electrons. The summed E-state index contributed by atoms with van der Waals surface area (Å²) in [4.78, 5) is 42.9. The first-order chi connectivity index (χ1) is 14.0. The summed E-state index contributed by atoms with van der Waals surface area (Å²) in [5.74, 6) is -0.759. The van der Waals surface area contributed by atoms with Gasteiger partial charge in [-0.3, -0.25) is 14.6 Å². The first-order valence-corrected chi connectivity index (χ1v) is 9.50. The molecule has 6 heteroatoms. The van der Waals surface area contributed by atoms with Crippen molar-refractivity contribution in [3.8, 4) is 0 Å². The number of aromatic nitrogens is 1. The number of para-hydroxylation sites is 1. The van der Waals surface area contributed by atoms with E-state index in [1.165, 1.54) is 0 Å². The fraction of sp³-hybridized carbons (Fsp3) is 0.217. The maximum absolute atomic E-state index is 12.6. The topological polar surface area (TPSA) is 76.6 Å². The molecule has 6 nitrogen and oxygen atoms in total. The Hall–Kier alpha value is -3.54. The van der Waals surface area contributed by atoms with E-state index in [2.05, 4.69) is 4.98 Å². The number of fused-ring (bicyclic) bond motifs is 1. The summed E-state index contributed by atoms with van der Waals surface area (Å²) in [7, 11) is 0. The number of hydrogen-bond acceptors (Lipinski definition) is 5. The fourth-order valence-electron chi connectivity index (χ4n) is 3.52. The lowest BCUT2D eigenvalue weighted by Crippen LogP contribution is -2.23. The molecule has 0 spiro atoms. The number of rotatable bonds is 5. The van der Waals surface area contributed by atoms with Crippen LogP contribution in [0.25, 0.3) is 10.9 Å². The molecule has 146 valence electrons. The van der Waals surface area contributed by atoms with Crippen LogP contribution in [0.2, 0.25) is 0 Å². The van der Waals surface area contributed by atoms with E-state index < -0.39 is 5.97 Å². The van der Waals surface area contributed by atoms with E-state index in [0.29, 0.717) is 40.7 Å². The minimum absolute atomic E-state index is 0.0953. The summed E-state index contributed by atoms with van der Waals surface area (Å²) >= 11 is 0. The third-order valence-electron chi connectivity index (χ3n) is 4.97. The monoisotopic (exact) mass is 388 g/mol. The largest absolute Gasteiger partial charge is 0.454 e. The van der Waals surface area contributed by atoms with Gasteiger partial charge in [0.05, 0.1) is 11.1 Å². The number of esters is 1. The van der Waals surface area contributed by atoms with Gasteiger partial charge in [0.2, 0.25) is 5.91 Å². The van der Waals surface area contributed by atoms with Crippen LogP contribution < -0.4 is 4.90 Å². The second-order valence-corrected chi connectivity index (χ2v) is 7.02. The summed E-state index contributed by atoms with van der Waals surface area (Å²) in [6.07, 6.45) is 1.40. The standard InChI is InChI=1S/C23H20N2O4/c1-15-13-19(18-5-2-3-6-20(18)24-15)23(28)29-14-21(26)16-8-10-17(11-9-16)25-12-4-7-22(25)27/h2-3,5-6,8-11,13H,4,7,12,14H2,1H3. The summed E-state index contributed by atoms with van der Waals surface area (Å²) in [5, 5.41) is 0.690. The molecule has 29 heavy (non-hydrogen) atoms. The van der Waals surface area contributed by atoms with Gasteiger partial charge in [0.25, 0.3) is 0 Å². The second kappa shape index (κ2) is 7.83. The molecule has 0 atom stereocenters. The Labute approximate surface area is 168 Å². The number of carbonyl (C=O) groups is 3. The van der Waals surface area contributed by atoms with Crippen molar-refractivity contribution in [1.29, 1.82) is 0 Å². The highest BCUT2D eigenvalue weighted by Gasteiger charge is 2.22. The summed E-state index contributed by atoms with van der Waals surface area (Å²) in [6, 6.07) is 15.8. The van der Waals surface area contributed by atoms with E-state index in [-0.39, 0.29) is 18.3 Å². The van der Waals surface area contributed by atoms with Crippen LogP contribution in [0, 0.1) is 6.92 Å². The molecule has 2 heterocycles. The van der Waals surface area contributed by atoms with Gasteiger partial charge < -0.3 is 9.64 Å². The number of aryl methyl sites for hydroxylation is 1. The SMILES string of the molecule is Cc1cc(C(=O)OCC(=O)c2ccc(N3CCCC3=O)cc2)c2ccccc2n1. The molecule has 1 saturated heterocycles. The first kappa shape index (κ1) is 18.8. The number of carbonyl (C=O) groups excluding carboxylic acids is 3. The fourth-order valence-corrected chi connectivity index (χ4v) is 3.52. The highest BCUT2D eigenvalue weighted by atomic mass is 16.5. The average Bonchev–Trinajstić information content (AvgIpc) is 3.17. The van der Waals surface area contributed by atoms with Crippen molar-refractivity contribution in [2.75, 3.05) is 18.1 Å². The van der Waals surface area contributed by atoms with Gasteiger partial charge in [0, 0.05) is 35.3 Å². The molecule has 4 rings (SSSR count). The van der Waals surface area contributed by atoms with Gasteiger partial charge in [0.1, 0.15) is 0 Å². The maximum atomic E-state index is 12.6. The van der Waals surface area contributed by atoms with Gasteiger partial charge in [-0.25, -0.2) is 4.79 Å². The summed E-state index contributed by atoms with van der Waals surface area (Å²) in [5.41, 5.74) is 3.01. The van der Waals surface area contributed by atoms with Gasteiger partial charge in [-0.05, 0) is 49.7 Å². The van der Waals surface area contributed by atoms with Gasteiger partial charge >= 0.3 is 5.97 Å². The van der Waals surface area contributed by atoms with E-state index >= 15 is 0 Å². The lowest BCUT2D eigenvalue weighted by Gasteiger charge is -2.15. The first-order valence-electron chi connectivity index (χ1n) is 9.50. The molecular weight excluding hydrogens is 368 g/mol. The van der Waals surface area contributed by atoms with E-state index in [9.17, 15) is 14.4 Å². The Morgan fingerprint density at radius 3 is 2.59 bits per heavy atom. The van der Waals surface area contributed by atoms with Crippen molar-refractivity contribution < 1.29 is 19.1 Å². The molecule has 0 unspecified atom stereocenters. The molecule has 1 amide bonds. The number of nitrogens with zero attached hydrogens (tertiary/aromatic N) is 2. The van der Waals surface area contributed by atoms with Crippen molar-refractivity contribution in [3.05, 3.63) is 71.4 Å². The average molecular weight is 388 g/mol. The Morgan fingerprint density at radius 2 is 1.86 bits per heavy atom. The van der Waals surface area contributed by atoms with Gasteiger partial charge in [0.15, 0.2) is 12.4 Å². The second-order valence-electron chi connectivity index (χ2n) is 7.02. The van der Waals surface area contributed by atoms with E-state index in [1.807, 2.05) is 18.2 Å². The number of benzene rings is 2. The summed E-state index contributed by atoms with van der Waals surface area (Å²) in [6.45, 7) is 2.15. The van der Waals surface area contributed by atoms with Gasteiger partial charge in [-0.2, -0.15) is 0 Å². The van der Waals surface area contributed by atoms with Gasteiger partial charge in [-0.1, -0.05) is 18.2 Å². The van der Waals surface area contributed by atoms with Crippen molar-refractivity contribution in [1.82, 2.24) is 4.98 Å². The molecule has 0 saturated carbocycles. The van der Waals surface area contributed by atoms with Crippen molar-refractivity contribution in [3.63, 3.8) is 0 Å². The Bertz CT molecular complexity index is 1110. The van der Waals surface area contributed by atoms with Crippen LogP contribution in [-0.4, -0.2) is 35.8 Å². The molecule has 0 aliphatic carbocycles. The third kappa shape index (κ3) is 3.87. The summed E-state index contributed by atoms with van der Waals surface area (Å²) < 4.78 is 5.27. The molecule has 1 aromatic heterocycles. The Kier molecular flexibility index (Phi) is 5.08. The molecule has 1 aliphatic heterocycles. The molecule has 2 aromatic carbocycles. The number of pyridine rings is 1. The predicted octanol–water partition coefficient (Wildman–Crippen LogP) is 3.71. The van der Waals surface area contributed by atoms with Gasteiger partial charge in [-0.15, -0.1) is 0 Å². The van der Waals surface area contributed by atoms with E-state index in [1.54, 1.807) is 48.2 Å². The van der Waals surface area contributed by atoms with Crippen LogP contribution in [0.5, 0.6) is 0 Å². The Morgan fingerprint density at radius 1 is 1.10 bits per heavy atom. The molecule has 1 fully saturated rings. The van der Waals surface area contributed by atoms with Crippen molar-refractivity contribution in [2.45, 2.75) is 19.8 Å². The zero-order valence-electron chi connectivity index (χ0n) is 16.1. The third-order valence-corrected chi connectivity index (χ3v) is 4.97. The van der Waals surface area contributed by atoms with Crippen LogP contribution in [0.1, 0.15) is 39.3 Å². The smallest absolute Gasteiger partial charge is 0.339 e. The van der Waals surface area contributed by atoms with Crippen LogP contribution in [0.15, 0.2) is 54.6 Å². The van der Waals surface area contributed by atoms with Crippen LogP contribution in [0.4, 0.5) is 5.69 Å². The highest BCUT2D eigenvalue weighted by Crippen LogP contribution is 2.22. The normalized spacial score (nSPS) is 13.7. The predicted molar refractivity (Wildman–Crippen MR) is 109 cm³/mol. The van der Waals surface area contributed by atoms with Crippen molar-refractivity contribution in [2.24, 2.45) is 0 Å². The van der Waals surface area contributed by atoms with Crippen LogP contribution in [-0.2, 0) is 9.53 Å². The van der Waals surface area contributed by atoms with Crippen molar-refractivity contribution >= 4 is 34.3 Å². The zero-order chi connectivity index (χ0) is 20.4. The minimum atomic E-state index is -0.556. The number of anilines is 1. The lowest BCUT2D eigenvalue weighted by atomic mass is 10.1. The van der Waals surface area contributed by atoms with E-state index in [0.717, 1.165) is 12.1 Å². The van der Waals surface area contributed by atoms with E-state index in [4.69, 9.17) is 4.74 Å². The number of amides is 1. The number of ketones is 1. The number of hydrogen-bond donors (Lipinski definition) is 0. The molecule has 3 aromatic rings. The lowest BCUT2D eigenvalue weighted by molar-refractivity contribution is -0.117. The quantitative estimate of drug-likeness (QED) is 0.492. The molecule has 0 bridgehead atoms. The van der Waals surface area contributed by atoms with Crippen LogP contribution in [0.3, 0.4) is 0 Å². The molecule has 1 aliphatic rings. The Balaban J connectivity index is 1.45. The molecule has 0 N–H and O–H groups in total. The maximum Gasteiger partial charge on any atom is 0.339 e. The minimum Gasteiger partial charge on any atom is -0.454 e. The number of Topliss-reactive ketones (excluding diaryl/α,β-unsaturated/α-hetero) is 1. The highest BCUT2D eigenvalue weighted by molar-refractivity contribution is 6.05.